The Morgan fingerprint density at radius 1 is 1.26 bits per heavy atom. The molecule has 1 aromatic carbocycles. The van der Waals surface area contributed by atoms with Crippen LogP contribution < -0.4 is 5.73 Å². The summed E-state index contributed by atoms with van der Waals surface area (Å²) in [7, 11) is 0. The fourth-order valence-corrected chi connectivity index (χ4v) is 2.85. The van der Waals surface area contributed by atoms with E-state index in [0.29, 0.717) is 11.5 Å². The van der Waals surface area contributed by atoms with Crippen LogP contribution in [-0.4, -0.2) is 50.1 Å². The summed E-state index contributed by atoms with van der Waals surface area (Å²) in [6.07, 6.45) is 3.48. The molecule has 0 spiro atoms. The van der Waals surface area contributed by atoms with Gasteiger partial charge in [0.1, 0.15) is 6.33 Å². The molecule has 2 heterocycles. The molecule has 3 rings (SSSR count). The molecule has 1 aromatic heterocycles. The number of benzene rings is 1. The fourth-order valence-electron chi connectivity index (χ4n) is 2.85. The second-order valence-electron chi connectivity index (χ2n) is 5.79. The minimum Gasteiger partial charge on any atom is -0.339 e. The summed E-state index contributed by atoms with van der Waals surface area (Å²) in [4.78, 5) is 14.4. The van der Waals surface area contributed by atoms with Crippen LogP contribution in [0.2, 0.25) is 0 Å². The van der Waals surface area contributed by atoms with Crippen molar-refractivity contribution in [3.8, 4) is 5.69 Å². The number of carbonyl (C=O) groups is 1. The molecular formula is C15H21ClN6O. The monoisotopic (exact) mass is 336 g/mol. The lowest BCUT2D eigenvalue weighted by Crippen LogP contribution is -2.42. The Hall–Kier alpha value is -1.99. The smallest absolute Gasteiger partial charge is 0.253 e. The molecule has 8 heteroatoms. The van der Waals surface area contributed by atoms with Gasteiger partial charge in [0.05, 0.1) is 5.69 Å². The number of hydrogen-bond acceptors (Lipinski definition) is 5. The maximum atomic E-state index is 12.5. The van der Waals surface area contributed by atoms with E-state index in [-0.39, 0.29) is 24.4 Å². The number of aromatic nitrogens is 4. The number of amides is 1. The Bertz CT molecular complexity index is 620. The minimum absolute atomic E-state index is 0. The molecule has 23 heavy (non-hydrogen) atoms. The van der Waals surface area contributed by atoms with Crippen LogP contribution in [0.3, 0.4) is 0 Å². The number of carbonyl (C=O) groups excluding carboxylic acids is 1. The predicted octanol–water partition coefficient (Wildman–Crippen LogP) is 1.28. The third kappa shape index (κ3) is 3.86. The normalized spacial score (nSPS) is 16.7. The van der Waals surface area contributed by atoms with Gasteiger partial charge >= 0.3 is 0 Å². The van der Waals surface area contributed by atoms with Crippen molar-refractivity contribution in [3.63, 3.8) is 0 Å². The van der Waals surface area contributed by atoms with E-state index in [2.05, 4.69) is 15.5 Å². The number of tetrazole rings is 1. The Morgan fingerprint density at radius 3 is 2.43 bits per heavy atom. The third-order valence-electron chi connectivity index (χ3n) is 4.30. The van der Waals surface area contributed by atoms with Gasteiger partial charge in [0.15, 0.2) is 0 Å². The zero-order chi connectivity index (χ0) is 15.5. The van der Waals surface area contributed by atoms with Crippen molar-refractivity contribution in [3.05, 3.63) is 36.2 Å². The third-order valence-corrected chi connectivity index (χ3v) is 4.30. The summed E-state index contributed by atoms with van der Waals surface area (Å²) in [6, 6.07) is 7.53. The molecule has 7 nitrogen and oxygen atoms in total. The number of piperidine rings is 1. The minimum atomic E-state index is 0. The van der Waals surface area contributed by atoms with Gasteiger partial charge in [0, 0.05) is 24.7 Å². The van der Waals surface area contributed by atoms with Gasteiger partial charge in [-0.1, -0.05) is 0 Å². The summed E-state index contributed by atoms with van der Waals surface area (Å²) in [6.45, 7) is 3.60. The van der Waals surface area contributed by atoms with Crippen LogP contribution in [0.25, 0.3) is 5.69 Å². The van der Waals surface area contributed by atoms with Crippen LogP contribution in [0.4, 0.5) is 0 Å². The van der Waals surface area contributed by atoms with E-state index in [1.54, 1.807) is 4.68 Å². The highest BCUT2D eigenvalue weighted by Crippen LogP contribution is 2.21. The van der Waals surface area contributed by atoms with Gasteiger partial charge in [-0.2, -0.15) is 0 Å². The Kier molecular flexibility index (Phi) is 5.68. The SMILES string of the molecule is CC(N)C1CCN(C(=O)c2ccc(-n3cnnn3)cc2)CC1.Cl. The van der Waals surface area contributed by atoms with Gasteiger partial charge in [0.25, 0.3) is 5.91 Å². The molecule has 1 saturated heterocycles. The quantitative estimate of drug-likeness (QED) is 0.912. The van der Waals surface area contributed by atoms with Crippen LogP contribution in [-0.2, 0) is 0 Å². The second-order valence-corrected chi connectivity index (χ2v) is 5.79. The molecule has 2 aromatic rings. The van der Waals surface area contributed by atoms with E-state index in [1.807, 2.05) is 36.1 Å². The van der Waals surface area contributed by atoms with Crippen molar-refractivity contribution in [2.75, 3.05) is 13.1 Å². The van der Waals surface area contributed by atoms with E-state index >= 15 is 0 Å². The van der Waals surface area contributed by atoms with E-state index < -0.39 is 0 Å². The molecule has 1 amide bonds. The number of nitrogens with two attached hydrogens (primary N) is 1. The molecule has 0 radical (unpaired) electrons. The lowest BCUT2D eigenvalue weighted by atomic mass is 9.90. The van der Waals surface area contributed by atoms with Crippen LogP contribution in [0.1, 0.15) is 30.1 Å². The Balaban J connectivity index is 0.00000192. The van der Waals surface area contributed by atoms with Crippen LogP contribution in [0.15, 0.2) is 30.6 Å². The van der Waals surface area contributed by atoms with Crippen molar-refractivity contribution in [2.24, 2.45) is 11.7 Å². The first-order valence-electron chi connectivity index (χ1n) is 7.53. The summed E-state index contributed by atoms with van der Waals surface area (Å²) in [5.41, 5.74) is 7.46. The maximum Gasteiger partial charge on any atom is 0.253 e. The Morgan fingerprint density at radius 2 is 1.91 bits per heavy atom. The van der Waals surface area contributed by atoms with Gasteiger partial charge in [-0.3, -0.25) is 4.79 Å². The molecule has 2 N–H and O–H groups in total. The van der Waals surface area contributed by atoms with Gasteiger partial charge in [0.2, 0.25) is 0 Å². The molecule has 1 atom stereocenters. The van der Waals surface area contributed by atoms with Gasteiger partial charge in [-0.15, -0.1) is 17.5 Å². The van der Waals surface area contributed by atoms with Crippen molar-refractivity contribution in [1.82, 2.24) is 25.1 Å². The topological polar surface area (TPSA) is 89.9 Å². The molecule has 124 valence electrons. The highest BCUT2D eigenvalue weighted by molar-refractivity contribution is 5.94. The summed E-state index contributed by atoms with van der Waals surface area (Å²) in [5.74, 6) is 0.595. The van der Waals surface area contributed by atoms with Crippen molar-refractivity contribution < 1.29 is 4.79 Å². The molecule has 1 aliphatic rings. The average molecular weight is 337 g/mol. The van der Waals surface area contributed by atoms with Crippen molar-refractivity contribution >= 4 is 18.3 Å². The summed E-state index contributed by atoms with van der Waals surface area (Å²) >= 11 is 0. The Labute approximate surface area is 141 Å². The lowest BCUT2D eigenvalue weighted by Gasteiger charge is -2.33. The molecule has 1 fully saturated rings. The highest BCUT2D eigenvalue weighted by Gasteiger charge is 2.25. The van der Waals surface area contributed by atoms with E-state index in [1.165, 1.54) is 6.33 Å². The molecule has 1 unspecified atom stereocenters. The molecule has 1 aliphatic heterocycles. The molecule has 0 bridgehead atoms. The van der Waals surface area contributed by atoms with Crippen molar-refractivity contribution in [2.45, 2.75) is 25.8 Å². The van der Waals surface area contributed by atoms with Crippen LogP contribution in [0, 0.1) is 5.92 Å². The first kappa shape index (κ1) is 17.4. The lowest BCUT2D eigenvalue weighted by molar-refractivity contribution is 0.0681. The van der Waals surface area contributed by atoms with E-state index in [0.717, 1.165) is 31.6 Å². The standard InChI is InChI=1S/C15H20N6O.ClH/c1-11(16)12-6-8-20(9-7-12)15(22)13-2-4-14(5-3-13)21-10-17-18-19-21;/h2-5,10-12H,6-9,16H2,1H3;1H. The molecular weight excluding hydrogens is 316 g/mol. The number of halogens is 1. The molecule has 0 saturated carbocycles. The highest BCUT2D eigenvalue weighted by atomic mass is 35.5. The molecule has 0 aliphatic carbocycles. The van der Waals surface area contributed by atoms with E-state index in [4.69, 9.17) is 5.73 Å². The van der Waals surface area contributed by atoms with Crippen LogP contribution >= 0.6 is 12.4 Å². The number of nitrogens with zero attached hydrogens (tertiary/aromatic N) is 5. The largest absolute Gasteiger partial charge is 0.339 e. The maximum absolute atomic E-state index is 12.5. The number of likely N-dealkylation sites (tertiary alicyclic amines) is 1. The number of hydrogen-bond donors (Lipinski definition) is 1. The predicted molar refractivity (Wildman–Crippen MR) is 88.7 cm³/mol. The summed E-state index contributed by atoms with van der Waals surface area (Å²) < 4.78 is 1.56. The second kappa shape index (κ2) is 7.52. The van der Waals surface area contributed by atoms with Crippen LogP contribution in [0.5, 0.6) is 0 Å². The summed E-state index contributed by atoms with van der Waals surface area (Å²) in [5, 5.41) is 11.0. The zero-order valence-electron chi connectivity index (χ0n) is 13.0. The van der Waals surface area contributed by atoms with Gasteiger partial charge in [-0.05, 0) is 60.4 Å². The van der Waals surface area contributed by atoms with Gasteiger partial charge in [-0.25, -0.2) is 4.68 Å². The van der Waals surface area contributed by atoms with Crippen molar-refractivity contribution in [1.29, 1.82) is 0 Å². The first-order chi connectivity index (χ1) is 10.6. The van der Waals surface area contributed by atoms with Gasteiger partial charge < -0.3 is 10.6 Å². The first-order valence-corrected chi connectivity index (χ1v) is 7.53. The van der Waals surface area contributed by atoms with E-state index in [9.17, 15) is 4.79 Å². The average Bonchev–Trinajstić information content (AvgIpc) is 3.09. The number of rotatable bonds is 3. The zero-order valence-corrected chi connectivity index (χ0v) is 13.8. The fraction of sp³-hybridized carbons (Fsp3) is 0.467.